The minimum absolute atomic E-state index is 0.682. The summed E-state index contributed by atoms with van der Waals surface area (Å²) in [5.74, 6) is 0.752. The van der Waals surface area contributed by atoms with Crippen LogP contribution in [0.2, 0.25) is 0 Å². The number of ether oxygens (including phenoxy) is 1. The number of aryl methyl sites for hydroxylation is 2. The van der Waals surface area contributed by atoms with Crippen LogP contribution in [-0.2, 0) is 0 Å². The van der Waals surface area contributed by atoms with Gasteiger partial charge in [-0.2, -0.15) is 0 Å². The molecule has 3 N–H and O–H groups in total. The van der Waals surface area contributed by atoms with Crippen molar-refractivity contribution in [3.8, 4) is 5.75 Å². The van der Waals surface area contributed by atoms with E-state index in [0.29, 0.717) is 5.69 Å². The van der Waals surface area contributed by atoms with Crippen molar-refractivity contribution in [1.82, 2.24) is 0 Å². The van der Waals surface area contributed by atoms with Gasteiger partial charge in [0.15, 0.2) is 0 Å². The fourth-order valence-electron chi connectivity index (χ4n) is 2.03. The number of hydrogen-bond acceptors (Lipinski definition) is 3. The van der Waals surface area contributed by atoms with E-state index in [1.807, 2.05) is 12.1 Å². The van der Waals surface area contributed by atoms with E-state index >= 15 is 0 Å². The Morgan fingerprint density at radius 2 is 1.50 bits per heavy atom. The van der Waals surface area contributed by atoms with Gasteiger partial charge in [0.1, 0.15) is 5.75 Å². The van der Waals surface area contributed by atoms with Crippen molar-refractivity contribution >= 4 is 17.1 Å². The van der Waals surface area contributed by atoms with Crippen molar-refractivity contribution in [1.29, 1.82) is 0 Å². The van der Waals surface area contributed by atoms with Gasteiger partial charge in [-0.1, -0.05) is 6.07 Å². The van der Waals surface area contributed by atoms with Crippen LogP contribution >= 0.6 is 0 Å². The van der Waals surface area contributed by atoms with Gasteiger partial charge >= 0.3 is 0 Å². The molecule has 2 aromatic carbocycles. The molecular formula is C15H18N2O. The van der Waals surface area contributed by atoms with E-state index in [1.54, 1.807) is 13.2 Å². The Balaban J connectivity index is 2.30. The van der Waals surface area contributed by atoms with Crippen molar-refractivity contribution in [2.75, 3.05) is 18.2 Å². The second kappa shape index (κ2) is 5.00. The smallest absolute Gasteiger partial charge is 0.122 e. The van der Waals surface area contributed by atoms with Crippen molar-refractivity contribution in [2.24, 2.45) is 0 Å². The molecule has 0 radical (unpaired) electrons. The fourth-order valence-corrected chi connectivity index (χ4v) is 2.03. The van der Waals surface area contributed by atoms with Gasteiger partial charge in [-0.25, -0.2) is 0 Å². The third-order valence-corrected chi connectivity index (χ3v) is 2.67. The molecule has 0 unspecified atom stereocenters. The zero-order chi connectivity index (χ0) is 13.1. The zero-order valence-electron chi connectivity index (χ0n) is 10.9. The van der Waals surface area contributed by atoms with Crippen LogP contribution in [0.5, 0.6) is 5.75 Å². The molecule has 0 aromatic heterocycles. The van der Waals surface area contributed by atoms with Crippen molar-refractivity contribution in [3.63, 3.8) is 0 Å². The summed E-state index contributed by atoms with van der Waals surface area (Å²) in [6.07, 6.45) is 0. The number of nitrogens with one attached hydrogen (secondary N) is 1. The lowest BCUT2D eigenvalue weighted by atomic mass is 10.1. The summed E-state index contributed by atoms with van der Waals surface area (Å²) < 4.78 is 5.20. The number of hydrogen-bond donors (Lipinski definition) is 2. The Hall–Kier alpha value is -2.16. The molecular weight excluding hydrogens is 224 g/mol. The molecule has 0 aliphatic rings. The lowest BCUT2D eigenvalue weighted by Gasteiger charge is -2.11. The summed E-state index contributed by atoms with van der Waals surface area (Å²) in [4.78, 5) is 0. The Bertz CT molecular complexity index is 544. The SMILES string of the molecule is COc1cc(N)cc(Nc2cc(C)cc(C)c2)c1. The van der Waals surface area contributed by atoms with Gasteiger partial charge in [-0.05, 0) is 43.2 Å². The van der Waals surface area contributed by atoms with Crippen molar-refractivity contribution in [2.45, 2.75) is 13.8 Å². The molecule has 0 saturated carbocycles. The largest absolute Gasteiger partial charge is 0.497 e. The Kier molecular flexibility index (Phi) is 3.42. The quantitative estimate of drug-likeness (QED) is 0.808. The predicted molar refractivity (Wildman–Crippen MR) is 76.6 cm³/mol. The van der Waals surface area contributed by atoms with E-state index in [9.17, 15) is 0 Å². The molecule has 0 heterocycles. The predicted octanol–water partition coefficient (Wildman–Crippen LogP) is 3.64. The molecule has 0 atom stereocenters. The molecule has 0 bridgehead atoms. The van der Waals surface area contributed by atoms with Gasteiger partial charge in [0, 0.05) is 29.2 Å². The first-order valence-electron chi connectivity index (χ1n) is 5.87. The van der Waals surface area contributed by atoms with E-state index in [2.05, 4.69) is 37.4 Å². The van der Waals surface area contributed by atoms with E-state index in [1.165, 1.54) is 11.1 Å². The van der Waals surface area contributed by atoms with Crippen molar-refractivity contribution < 1.29 is 4.74 Å². The summed E-state index contributed by atoms with van der Waals surface area (Å²) in [5.41, 5.74) is 11.0. The maximum atomic E-state index is 5.83. The van der Waals surface area contributed by atoms with Crippen LogP contribution in [0.4, 0.5) is 17.1 Å². The maximum Gasteiger partial charge on any atom is 0.122 e. The topological polar surface area (TPSA) is 47.3 Å². The fraction of sp³-hybridized carbons (Fsp3) is 0.200. The highest BCUT2D eigenvalue weighted by molar-refractivity contribution is 5.67. The normalized spacial score (nSPS) is 10.2. The summed E-state index contributed by atoms with van der Waals surface area (Å²) >= 11 is 0. The monoisotopic (exact) mass is 242 g/mol. The molecule has 2 rings (SSSR count). The first-order valence-corrected chi connectivity index (χ1v) is 5.87. The van der Waals surface area contributed by atoms with Gasteiger partial charge in [0.05, 0.1) is 7.11 Å². The average Bonchev–Trinajstić information content (AvgIpc) is 2.26. The molecule has 3 heteroatoms. The van der Waals surface area contributed by atoms with Crippen LogP contribution in [0.1, 0.15) is 11.1 Å². The van der Waals surface area contributed by atoms with Gasteiger partial charge < -0.3 is 15.8 Å². The van der Waals surface area contributed by atoms with Crippen LogP contribution in [0.15, 0.2) is 36.4 Å². The van der Waals surface area contributed by atoms with Crippen LogP contribution in [0.25, 0.3) is 0 Å². The minimum atomic E-state index is 0.682. The number of rotatable bonds is 3. The number of nitrogens with two attached hydrogens (primary N) is 1. The van der Waals surface area contributed by atoms with Crippen LogP contribution < -0.4 is 15.8 Å². The van der Waals surface area contributed by atoms with Gasteiger partial charge in [-0.15, -0.1) is 0 Å². The third kappa shape index (κ3) is 2.94. The molecule has 0 fully saturated rings. The van der Waals surface area contributed by atoms with Crippen LogP contribution in [0.3, 0.4) is 0 Å². The lowest BCUT2D eigenvalue weighted by molar-refractivity contribution is 0.415. The lowest BCUT2D eigenvalue weighted by Crippen LogP contribution is -1.95. The van der Waals surface area contributed by atoms with E-state index in [4.69, 9.17) is 10.5 Å². The maximum absolute atomic E-state index is 5.83. The second-order valence-corrected chi connectivity index (χ2v) is 4.50. The molecule has 0 aliphatic carbocycles. The summed E-state index contributed by atoms with van der Waals surface area (Å²) in [7, 11) is 1.63. The minimum Gasteiger partial charge on any atom is -0.497 e. The standard InChI is InChI=1S/C15H18N2O/c1-10-4-11(2)6-13(5-10)17-14-7-12(16)8-15(9-14)18-3/h4-9,17H,16H2,1-3H3. The van der Waals surface area contributed by atoms with E-state index in [-0.39, 0.29) is 0 Å². The number of benzene rings is 2. The Labute approximate surface area is 108 Å². The molecule has 0 aliphatic heterocycles. The summed E-state index contributed by atoms with van der Waals surface area (Å²) in [5, 5.41) is 3.34. The first-order chi connectivity index (χ1) is 8.56. The van der Waals surface area contributed by atoms with Crippen molar-refractivity contribution in [3.05, 3.63) is 47.5 Å². The third-order valence-electron chi connectivity index (χ3n) is 2.67. The number of nitrogen functional groups attached to an aromatic ring is 1. The first kappa shape index (κ1) is 12.3. The molecule has 0 saturated heterocycles. The Morgan fingerprint density at radius 1 is 0.889 bits per heavy atom. The van der Waals surface area contributed by atoms with Gasteiger partial charge in [-0.3, -0.25) is 0 Å². The van der Waals surface area contributed by atoms with E-state index in [0.717, 1.165) is 17.1 Å². The summed E-state index contributed by atoms with van der Waals surface area (Å²) in [6.45, 7) is 4.16. The summed E-state index contributed by atoms with van der Waals surface area (Å²) in [6, 6.07) is 12.0. The number of anilines is 3. The average molecular weight is 242 g/mol. The molecule has 18 heavy (non-hydrogen) atoms. The molecule has 0 amide bonds. The van der Waals surface area contributed by atoms with Gasteiger partial charge in [0.2, 0.25) is 0 Å². The van der Waals surface area contributed by atoms with Crippen LogP contribution in [-0.4, -0.2) is 7.11 Å². The highest BCUT2D eigenvalue weighted by atomic mass is 16.5. The number of methoxy groups -OCH3 is 1. The zero-order valence-corrected chi connectivity index (χ0v) is 10.9. The van der Waals surface area contributed by atoms with Crippen LogP contribution in [0, 0.1) is 13.8 Å². The molecule has 0 spiro atoms. The molecule has 3 nitrogen and oxygen atoms in total. The second-order valence-electron chi connectivity index (χ2n) is 4.50. The highest BCUT2D eigenvalue weighted by Gasteiger charge is 2.01. The highest BCUT2D eigenvalue weighted by Crippen LogP contribution is 2.26. The molecule has 2 aromatic rings. The molecule has 94 valence electrons. The van der Waals surface area contributed by atoms with E-state index < -0.39 is 0 Å². The van der Waals surface area contributed by atoms with Gasteiger partial charge in [0.25, 0.3) is 0 Å². The Morgan fingerprint density at radius 3 is 2.11 bits per heavy atom.